The number of amides is 3. The van der Waals surface area contributed by atoms with Crippen molar-refractivity contribution in [2.75, 3.05) is 53.0 Å². The van der Waals surface area contributed by atoms with E-state index < -0.39 is 6.04 Å². The van der Waals surface area contributed by atoms with Gasteiger partial charge in [0, 0.05) is 33.2 Å². The fourth-order valence-electron chi connectivity index (χ4n) is 4.42. The topological polar surface area (TPSA) is 65.1 Å². The summed E-state index contributed by atoms with van der Waals surface area (Å²) in [4.78, 5) is 31.8. The van der Waals surface area contributed by atoms with Crippen molar-refractivity contribution >= 4 is 11.9 Å². The zero-order valence-corrected chi connectivity index (χ0v) is 17.7. The number of carbonyl (C=O) groups is 2. The molecule has 1 aromatic rings. The summed E-state index contributed by atoms with van der Waals surface area (Å²) in [6.07, 6.45) is 0. The molecule has 1 aromatic carbocycles. The fourth-order valence-corrected chi connectivity index (χ4v) is 4.42. The number of urea groups is 1. The molecule has 0 spiro atoms. The van der Waals surface area contributed by atoms with Crippen LogP contribution in [0.25, 0.3) is 0 Å². The molecular weight excluding hydrogens is 368 g/mol. The van der Waals surface area contributed by atoms with Gasteiger partial charge in [0.05, 0.1) is 37.1 Å². The Morgan fingerprint density at radius 3 is 2.45 bits per heavy atom. The second-order valence-corrected chi connectivity index (χ2v) is 8.28. The molecule has 1 atom stereocenters. The standard InChI is InChI=1S/C22H30N4O3/c1-14-11-16(3)17(12-15(14)2)20-19-18(24(4)22(28)23-20)13-26(21(19)27)6-5-25-7-9-29-10-8-25/h11-12,20H,5-10,13H2,1-4H3,(H,23,28)/t20-/m1/s1. The number of nitrogens with zero attached hydrogens (tertiary/aromatic N) is 3. The van der Waals surface area contributed by atoms with E-state index in [4.69, 9.17) is 4.74 Å². The minimum atomic E-state index is -0.395. The number of rotatable bonds is 4. The van der Waals surface area contributed by atoms with Crippen LogP contribution in [0, 0.1) is 20.8 Å². The monoisotopic (exact) mass is 398 g/mol. The van der Waals surface area contributed by atoms with E-state index in [1.807, 2.05) is 11.8 Å². The first kappa shape index (κ1) is 19.9. The van der Waals surface area contributed by atoms with Gasteiger partial charge in [-0.3, -0.25) is 14.6 Å². The normalized spacial score (nSPS) is 23.0. The van der Waals surface area contributed by atoms with Crippen LogP contribution in [0.15, 0.2) is 23.4 Å². The van der Waals surface area contributed by atoms with Crippen LogP contribution in [-0.2, 0) is 9.53 Å². The zero-order chi connectivity index (χ0) is 20.7. The smallest absolute Gasteiger partial charge is 0.322 e. The highest BCUT2D eigenvalue weighted by Gasteiger charge is 2.43. The second kappa shape index (κ2) is 7.80. The van der Waals surface area contributed by atoms with E-state index in [0.717, 1.165) is 55.2 Å². The molecule has 156 valence electrons. The molecule has 3 aliphatic rings. The third kappa shape index (κ3) is 3.65. The molecular formula is C22H30N4O3. The predicted octanol–water partition coefficient (Wildman–Crippen LogP) is 1.74. The van der Waals surface area contributed by atoms with Gasteiger partial charge in [-0.25, -0.2) is 4.79 Å². The Bertz CT molecular complexity index is 873. The Labute approximate surface area is 172 Å². The van der Waals surface area contributed by atoms with Gasteiger partial charge in [0.1, 0.15) is 0 Å². The molecule has 3 amide bonds. The van der Waals surface area contributed by atoms with Crippen LogP contribution in [0.1, 0.15) is 28.3 Å². The molecule has 0 radical (unpaired) electrons. The number of morpholine rings is 1. The summed E-state index contributed by atoms with van der Waals surface area (Å²) in [7, 11) is 1.74. The molecule has 4 rings (SSSR count). The molecule has 3 aliphatic heterocycles. The van der Waals surface area contributed by atoms with Gasteiger partial charge in [0.2, 0.25) is 0 Å². The van der Waals surface area contributed by atoms with Gasteiger partial charge in [-0.05, 0) is 43.0 Å². The van der Waals surface area contributed by atoms with E-state index in [1.165, 1.54) is 5.56 Å². The van der Waals surface area contributed by atoms with Crippen molar-refractivity contribution in [3.8, 4) is 0 Å². The summed E-state index contributed by atoms with van der Waals surface area (Å²) in [6.45, 7) is 11.5. The number of likely N-dealkylation sites (N-methyl/N-ethyl adjacent to an activating group) is 1. The summed E-state index contributed by atoms with van der Waals surface area (Å²) in [5, 5.41) is 3.05. The summed E-state index contributed by atoms with van der Waals surface area (Å²) >= 11 is 0. The third-order valence-corrected chi connectivity index (χ3v) is 6.42. The molecule has 1 fully saturated rings. The number of aryl methyl sites for hydroxylation is 3. The first-order valence-corrected chi connectivity index (χ1v) is 10.3. The van der Waals surface area contributed by atoms with Crippen LogP contribution in [0.5, 0.6) is 0 Å². The second-order valence-electron chi connectivity index (χ2n) is 8.28. The van der Waals surface area contributed by atoms with Crippen LogP contribution >= 0.6 is 0 Å². The maximum atomic E-state index is 13.4. The van der Waals surface area contributed by atoms with Crippen molar-refractivity contribution in [1.29, 1.82) is 0 Å². The maximum Gasteiger partial charge on any atom is 0.322 e. The van der Waals surface area contributed by atoms with Crippen molar-refractivity contribution < 1.29 is 14.3 Å². The van der Waals surface area contributed by atoms with E-state index in [-0.39, 0.29) is 11.9 Å². The van der Waals surface area contributed by atoms with E-state index in [0.29, 0.717) is 18.7 Å². The van der Waals surface area contributed by atoms with Crippen molar-refractivity contribution in [1.82, 2.24) is 20.0 Å². The lowest BCUT2D eigenvalue weighted by Crippen LogP contribution is -2.45. The molecule has 7 nitrogen and oxygen atoms in total. The lowest BCUT2D eigenvalue weighted by Gasteiger charge is -2.32. The van der Waals surface area contributed by atoms with Gasteiger partial charge in [-0.15, -0.1) is 0 Å². The summed E-state index contributed by atoms with van der Waals surface area (Å²) in [5.41, 5.74) is 6.00. The van der Waals surface area contributed by atoms with E-state index in [2.05, 4.69) is 36.2 Å². The fraction of sp³-hybridized carbons (Fsp3) is 0.545. The molecule has 0 bridgehead atoms. The summed E-state index contributed by atoms with van der Waals surface area (Å²) in [5.74, 6) is 0.0303. The van der Waals surface area contributed by atoms with E-state index in [1.54, 1.807) is 11.9 Å². The SMILES string of the molecule is Cc1cc(C)c([C@H]2NC(=O)N(C)C3=C2C(=O)N(CCN2CCOCC2)C3)cc1C. The molecule has 0 aliphatic carbocycles. The molecule has 1 saturated heterocycles. The lowest BCUT2D eigenvalue weighted by atomic mass is 9.90. The molecule has 0 unspecified atom stereocenters. The summed E-state index contributed by atoms with van der Waals surface area (Å²) < 4.78 is 5.41. The Hall–Kier alpha value is -2.38. The Morgan fingerprint density at radius 2 is 1.72 bits per heavy atom. The number of ether oxygens (including phenoxy) is 1. The first-order chi connectivity index (χ1) is 13.9. The first-order valence-electron chi connectivity index (χ1n) is 10.3. The molecule has 7 heteroatoms. The highest BCUT2D eigenvalue weighted by Crippen LogP contribution is 2.37. The molecule has 0 saturated carbocycles. The zero-order valence-electron chi connectivity index (χ0n) is 17.7. The average Bonchev–Trinajstić information content (AvgIpc) is 3.04. The Balaban J connectivity index is 1.59. The van der Waals surface area contributed by atoms with Crippen LogP contribution in [-0.4, -0.2) is 79.6 Å². The van der Waals surface area contributed by atoms with Crippen LogP contribution in [0.2, 0.25) is 0 Å². The van der Waals surface area contributed by atoms with Gasteiger partial charge in [-0.1, -0.05) is 12.1 Å². The maximum absolute atomic E-state index is 13.4. The average molecular weight is 399 g/mol. The van der Waals surface area contributed by atoms with E-state index >= 15 is 0 Å². The number of carbonyl (C=O) groups excluding carboxylic acids is 2. The van der Waals surface area contributed by atoms with Crippen molar-refractivity contribution in [2.45, 2.75) is 26.8 Å². The van der Waals surface area contributed by atoms with Crippen LogP contribution in [0.3, 0.4) is 0 Å². The number of nitrogens with one attached hydrogen (secondary N) is 1. The Morgan fingerprint density at radius 1 is 1.03 bits per heavy atom. The van der Waals surface area contributed by atoms with Gasteiger partial charge < -0.3 is 15.0 Å². The molecule has 29 heavy (non-hydrogen) atoms. The quantitative estimate of drug-likeness (QED) is 0.839. The molecule has 0 aromatic heterocycles. The van der Waals surface area contributed by atoms with Crippen LogP contribution < -0.4 is 5.32 Å². The predicted molar refractivity (Wildman–Crippen MR) is 111 cm³/mol. The van der Waals surface area contributed by atoms with Gasteiger partial charge >= 0.3 is 6.03 Å². The Kier molecular flexibility index (Phi) is 5.36. The minimum absolute atomic E-state index is 0.0303. The molecule has 1 N–H and O–H groups in total. The van der Waals surface area contributed by atoms with Gasteiger partial charge in [0.25, 0.3) is 5.91 Å². The van der Waals surface area contributed by atoms with E-state index in [9.17, 15) is 9.59 Å². The third-order valence-electron chi connectivity index (χ3n) is 6.42. The highest BCUT2D eigenvalue weighted by molar-refractivity contribution is 6.01. The van der Waals surface area contributed by atoms with Gasteiger partial charge in [-0.2, -0.15) is 0 Å². The number of hydrogen-bond donors (Lipinski definition) is 1. The largest absolute Gasteiger partial charge is 0.379 e. The minimum Gasteiger partial charge on any atom is -0.379 e. The summed E-state index contributed by atoms with van der Waals surface area (Å²) in [6, 6.07) is 3.68. The number of hydrogen-bond acceptors (Lipinski definition) is 4. The van der Waals surface area contributed by atoms with Crippen molar-refractivity contribution in [3.63, 3.8) is 0 Å². The molecule has 3 heterocycles. The number of benzene rings is 1. The van der Waals surface area contributed by atoms with Crippen molar-refractivity contribution in [2.24, 2.45) is 0 Å². The van der Waals surface area contributed by atoms with Crippen molar-refractivity contribution in [3.05, 3.63) is 45.7 Å². The van der Waals surface area contributed by atoms with Crippen LogP contribution in [0.4, 0.5) is 4.79 Å². The lowest BCUT2D eigenvalue weighted by molar-refractivity contribution is -0.126. The van der Waals surface area contributed by atoms with Gasteiger partial charge in [0.15, 0.2) is 0 Å². The highest BCUT2D eigenvalue weighted by atomic mass is 16.5.